The Bertz CT molecular complexity index is 1110. The van der Waals surface area contributed by atoms with Gasteiger partial charge in [0.1, 0.15) is 11.6 Å². The van der Waals surface area contributed by atoms with E-state index in [9.17, 15) is 14.7 Å². The summed E-state index contributed by atoms with van der Waals surface area (Å²) in [6.45, 7) is 11.8. The summed E-state index contributed by atoms with van der Waals surface area (Å²) in [4.78, 5) is 42.1. The molecule has 38 heavy (non-hydrogen) atoms. The number of hydrogen-bond donors (Lipinski definition) is 3. The first-order valence-electron chi connectivity index (χ1n) is 12.7. The Morgan fingerprint density at radius 1 is 1.05 bits per heavy atom. The van der Waals surface area contributed by atoms with Crippen molar-refractivity contribution in [2.75, 3.05) is 43.4 Å². The highest BCUT2D eigenvalue weighted by Gasteiger charge is 2.29. The molecule has 206 valence electrons. The van der Waals surface area contributed by atoms with Crippen LogP contribution in [0.3, 0.4) is 0 Å². The number of aliphatic carboxylic acids is 2. The number of carboxylic acid groups (broad SMARTS) is 2. The highest BCUT2D eigenvalue weighted by molar-refractivity contribution is 7.99. The number of rotatable bonds is 9. The minimum atomic E-state index is -1.26. The van der Waals surface area contributed by atoms with E-state index in [4.69, 9.17) is 20.2 Å². The molecule has 2 aliphatic rings. The van der Waals surface area contributed by atoms with Gasteiger partial charge in [-0.15, -0.1) is 0 Å². The van der Waals surface area contributed by atoms with Gasteiger partial charge in [-0.1, -0.05) is 32.5 Å². The Kier molecular flexibility index (Phi) is 10.4. The third kappa shape index (κ3) is 9.90. The van der Waals surface area contributed by atoms with Crippen LogP contribution in [-0.4, -0.2) is 90.6 Å². The second kappa shape index (κ2) is 13.5. The molecule has 0 spiro atoms. The molecule has 2 aromatic heterocycles. The second-order valence-electron chi connectivity index (χ2n) is 10.2. The lowest BCUT2D eigenvalue weighted by atomic mass is 9.95. The number of aromatic nitrogens is 4. The fraction of sp³-hybridized carbons (Fsp3) is 0.538. The van der Waals surface area contributed by atoms with Crippen LogP contribution < -0.4 is 4.90 Å². The maximum Gasteiger partial charge on any atom is 0.328 e. The van der Waals surface area contributed by atoms with Crippen LogP contribution in [0.5, 0.6) is 5.88 Å². The van der Waals surface area contributed by atoms with E-state index < -0.39 is 11.9 Å². The number of piperazine rings is 1. The van der Waals surface area contributed by atoms with Crippen LogP contribution in [-0.2, 0) is 15.0 Å². The molecule has 12 heteroatoms. The highest BCUT2D eigenvalue weighted by atomic mass is 32.2. The van der Waals surface area contributed by atoms with E-state index in [0.29, 0.717) is 23.2 Å². The molecule has 3 heterocycles. The van der Waals surface area contributed by atoms with Crippen molar-refractivity contribution in [3.8, 4) is 5.88 Å². The van der Waals surface area contributed by atoms with Crippen molar-refractivity contribution in [1.82, 2.24) is 24.8 Å². The Morgan fingerprint density at radius 3 is 2.26 bits per heavy atom. The maximum atomic E-state index is 9.55. The first-order chi connectivity index (χ1) is 18.0. The normalized spacial score (nSPS) is 16.2. The molecule has 3 N–H and O–H groups in total. The van der Waals surface area contributed by atoms with Gasteiger partial charge in [-0.05, 0) is 25.8 Å². The van der Waals surface area contributed by atoms with E-state index in [2.05, 4.69) is 46.6 Å². The zero-order valence-electron chi connectivity index (χ0n) is 22.1. The van der Waals surface area contributed by atoms with E-state index in [0.717, 1.165) is 56.5 Å². The van der Waals surface area contributed by atoms with Gasteiger partial charge in [0, 0.05) is 79.4 Å². The topological polar surface area (TPSA) is 153 Å². The first kappa shape index (κ1) is 29.3. The van der Waals surface area contributed by atoms with Gasteiger partial charge in [-0.25, -0.2) is 24.5 Å². The largest absolute Gasteiger partial charge is 0.493 e. The average Bonchev–Trinajstić information content (AvgIpc) is 3.71. The van der Waals surface area contributed by atoms with Crippen molar-refractivity contribution >= 4 is 29.5 Å². The van der Waals surface area contributed by atoms with Gasteiger partial charge in [0.05, 0.1) is 0 Å². The minimum Gasteiger partial charge on any atom is -0.493 e. The molecule has 2 aromatic rings. The molecule has 4 rings (SSSR count). The fourth-order valence-corrected chi connectivity index (χ4v) is 4.48. The van der Waals surface area contributed by atoms with Crippen LogP contribution >= 0.6 is 11.8 Å². The van der Waals surface area contributed by atoms with E-state index in [1.165, 1.54) is 24.6 Å². The van der Waals surface area contributed by atoms with Gasteiger partial charge in [0.25, 0.3) is 0 Å². The third-order valence-corrected chi connectivity index (χ3v) is 6.88. The maximum absolute atomic E-state index is 9.55. The van der Waals surface area contributed by atoms with Crippen molar-refractivity contribution in [2.24, 2.45) is 0 Å². The van der Waals surface area contributed by atoms with Gasteiger partial charge in [-0.2, -0.15) is 4.98 Å². The van der Waals surface area contributed by atoms with Crippen LogP contribution in [0.2, 0.25) is 0 Å². The molecule has 0 bridgehead atoms. The molecular weight excluding hydrogens is 508 g/mol. The summed E-state index contributed by atoms with van der Waals surface area (Å²) >= 11 is 1.60. The van der Waals surface area contributed by atoms with E-state index in [-0.39, 0.29) is 11.3 Å². The van der Waals surface area contributed by atoms with Crippen molar-refractivity contribution in [1.29, 1.82) is 0 Å². The molecule has 0 radical (unpaired) electrons. The van der Waals surface area contributed by atoms with E-state index in [1.54, 1.807) is 18.0 Å². The molecular formula is C26H36N6O5S. The Balaban J connectivity index is 0.000000436. The fourth-order valence-electron chi connectivity index (χ4n) is 3.73. The predicted molar refractivity (Wildman–Crippen MR) is 145 cm³/mol. The second-order valence-corrected chi connectivity index (χ2v) is 11.3. The van der Waals surface area contributed by atoms with Crippen molar-refractivity contribution in [3.63, 3.8) is 0 Å². The molecule has 0 aromatic carbocycles. The van der Waals surface area contributed by atoms with Crippen LogP contribution in [0.4, 0.5) is 5.82 Å². The summed E-state index contributed by atoms with van der Waals surface area (Å²) in [6, 6.07) is 3.73. The third-order valence-electron chi connectivity index (χ3n) is 5.93. The molecule has 2 fully saturated rings. The summed E-state index contributed by atoms with van der Waals surface area (Å²) in [5, 5.41) is 25.7. The summed E-state index contributed by atoms with van der Waals surface area (Å²) in [5.41, 5.74) is 1.21. The zero-order chi connectivity index (χ0) is 27.7. The lowest BCUT2D eigenvalue weighted by Gasteiger charge is -2.36. The van der Waals surface area contributed by atoms with Gasteiger partial charge in [0.2, 0.25) is 5.88 Å². The molecule has 11 nitrogen and oxygen atoms in total. The Hall–Kier alpha value is -3.25. The number of thioether (sulfide) groups is 1. The summed E-state index contributed by atoms with van der Waals surface area (Å²) in [7, 11) is 0. The van der Waals surface area contributed by atoms with Crippen molar-refractivity contribution in [2.45, 2.75) is 56.5 Å². The number of hydrogen-bond acceptors (Lipinski definition) is 10. The van der Waals surface area contributed by atoms with Gasteiger partial charge < -0.3 is 20.2 Å². The van der Waals surface area contributed by atoms with E-state index >= 15 is 0 Å². The smallest absolute Gasteiger partial charge is 0.328 e. The molecule has 0 amide bonds. The number of aromatic hydroxyl groups is 1. The van der Waals surface area contributed by atoms with Gasteiger partial charge in [-0.3, -0.25) is 4.90 Å². The van der Waals surface area contributed by atoms with Crippen LogP contribution in [0.25, 0.3) is 0 Å². The molecule has 1 saturated carbocycles. The monoisotopic (exact) mass is 544 g/mol. The van der Waals surface area contributed by atoms with Crippen LogP contribution in [0, 0.1) is 0 Å². The lowest BCUT2D eigenvalue weighted by molar-refractivity contribution is -0.134. The number of carboxylic acids is 2. The standard InChI is InChI=1S/C22H32N6OS.C4H4O4/c1-22(2,3)20-24-17(16-5-6-16)15-18(25-20)28-12-10-27(11-13-28)9-4-14-30-21-23-8-7-19(29)26-21;5-3(6)1-2-4(7)8/h7-8,15-16H,4-6,9-14H2,1-3H3,(H,23,26,29);1-2H,(H,5,6)(H,7,8)/b;2-1+. The van der Waals surface area contributed by atoms with Crippen LogP contribution in [0.1, 0.15) is 57.5 Å². The van der Waals surface area contributed by atoms with Crippen LogP contribution in [0.15, 0.2) is 35.6 Å². The molecule has 0 unspecified atom stereocenters. The van der Waals surface area contributed by atoms with Crippen molar-refractivity contribution < 1.29 is 24.9 Å². The van der Waals surface area contributed by atoms with Gasteiger partial charge >= 0.3 is 11.9 Å². The average molecular weight is 545 g/mol. The SMILES string of the molecule is CC(C)(C)c1nc(C2CC2)cc(N2CCN(CCCSc3nccc(O)n3)CC2)n1.O=C(O)/C=C/C(=O)O. The number of anilines is 1. The van der Waals surface area contributed by atoms with E-state index in [1.807, 2.05) is 0 Å². The number of carbonyl (C=O) groups is 2. The summed E-state index contributed by atoms with van der Waals surface area (Å²) in [5.74, 6) is 1.19. The summed E-state index contributed by atoms with van der Waals surface area (Å²) < 4.78 is 0. The molecule has 1 aliphatic carbocycles. The van der Waals surface area contributed by atoms with Crippen molar-refractivity contribution in [3.05, 3.63) is 42.0 Å². The Labute approximate surface area is 227 Å². The quantitative estimate of drug-likeness (QED) is 0.184. The lowest BCUT2D eigenvalue weighted by Crippen LogP contribution is -2.47. The summed E-state index contributed by atoms with van der Waals surface area (Å²) in [6.07, 6.45) is 6.32. The van der Waals surface area contributed by atoms with Gasteiger partial charge in [0.15, 0.2) is 5.16 Å². The molecule has 0 atom stereocenters. The predicted octanol–water partition coefficient (Wildman–Crippen LogP) is 3.16. The molecule has 1 aliphatic heterocycles. The minimum absolute atomic E-state index is 0.0294. The first-order valence-corrected chi connectivity index (χ1v) is 13.7. The highest BCUT2D eigenvalue weighted by Crippen LogP contribution is 2.40. The zero-order valence-corrected chi connectivity index (χ0v) is 22.9. The molecule has 1 saturated heterocycles. The number of nitrogens with zero attached hydrogens (tertiary/aromatic N) is 6. The Morgan fingerprint density at radius 2 is 1.71 bits per heavy atom.